The third-order valence-electron chi connectivity index (χ3n) is 6.92. The van der Waals surface area contributed by atoms with Gasteiger partial charge in [-0.25, -0.2) is 13.2 Å². The Kier molecular flexibility index (Phi) is 8.20. The second kappa shape index (κ2) is 11.0. The second-order valence-corrected chi connectivity index (χ2v) is 13.6. The molecule has 2 aliphatic rings. The average Bonchev–Trinajstić information content (AvgIpc) is 3.18. The van der Waals surface area contributed by atoms with E-state index in [-0.39, 0.29) is 11.8 Å². The minimum Gasteiger partial charge on any atom is -0.456 e. The molecule has 0 saturated carbocycles. The molecule has 0 N–H and O–H groups in total. The normalized spacial score (nSPS) is 20.3. The van der Waals surface area contributed by atoms with Gasteiger partial charge in [-0.2, -0.15) is 0 Å². The zero-order valence-corrected chi connectivity index (χ0v) is 22.9. The number of carbonyl (C=O) groups excluding carboxylic acids is 1. The third-order valence-corrected chi connectivity index (χ3v) is 9.44. The van der Waals surface area contributed by atoms with Crippen LogP contribution in [0.3, 0.4) is 0 Å². The number of nitrogens with zero attached hydrogens (tertiary/aromatic N) is 1. The Morgan fingerprint density at radius 3 is 2.33 bits per heavy atom. The molecule has 1 unspecified atom stereocenters. The van der Waals surface area contributed by atoms with Gasteiger partial charge in [0.25, 0.3) is 0 Å². The first-order valence-electron chi connectivity index (χ1n) is 12.8. The average molecular weight is 534 g/mol. The molecule has 2 saturated heterocycles. The van der Waals surface area contributed by atoms with Gasteiger partial charge in [0.2, 0.25) is 0 Å². The summed E-state index contributed by atoms with van der Waals surface area (Å²) in [6.45, 7) is 7.18. The fraction of sp³-hybridized carbons (Fsp3) is 0.536. The van der Waals surface area contributed by atoms with Crippen LogP contribution in [-0.4, -0.2) is 43.9 Å². The summed E-state index contributed by atoms with van der Waals surface area (Å²) in [6.07, 6.45) is 5.18. The van der Waals surface area contributed by atoms with E-state index in [9.17, 15) is 13.2 Å². The molecule has 0 aliphatic carbocycles. The van der Waals surface area contributed by atoms with Crippen molar-refractivity contribution in [1.29, 1.82) is 0 Å². The highest BCUT2D eigenvalue weighted by Crippen LogP contribution is 2.38. The van der Waals surface area contributed by atoms with Gasteiger partial charge in [0.1, 0.15) is 17.1 Å². The number of rotatable bonds is 6. The van der Waals surface area contributed by atoms with Gasteiger partial charge in [-0.05, 0) is 101 Å². The molecule has 2 aromatic rings. The maximum absolute atomic E-state index is 12.2. The van der Waals surface area contributed by atoms with Crippen molar-refractivity contribution in [2.45, 2.75) is 70.1 Å². The SMILES string of the molecule is CC(C)(C)OC(=O)N1CCC(CCc2ccc(Oc3ccc(C4CCCS4(=O)=O)cc3Cl)cc2)CC1. The van der Waals surface area contributed by atoms with Crippen molar-refractivity contribution >= 4 is 27.5 Å². The summed E-state index contributed by atoms with van der Waals surface area (Å²) >= 11 is 6.43. The Labute approximate surface area is 219 Å². The molecule has 196 valence electrons. The van der Waals surface area contributed by atoms with Crippen molar-refractivity contribution in [3.63, 3.8) is 0 Å². The fourth-order valence-electron chi connectivity index (χ4n) is 4.92. The van der Waals surface area contributed by atoms with Crippen molar-refractivity contribution < 1.29 is 22.7 Å². The topological polar surface area (TPSA) is 72.9 Å². The molecule has 36 heavy (non-hydrogen) atoms. The van der Waals surface area contributed by atoms with E-state index in [4.69, 9.17) is 21.1 Å². The first-order chi connectivity index (χ1) is 17.0. The largest absolute Gasteiger partial charge is 0.456 e. The number of amides is 1. The number of likely N-dealkylation sites (tertiary alicyclic amines) is 1. The van der Waals surface area contributed by atoms with Crippen molar-refractivity contribution in [3.8, 4) is 11.5 Å². The van der Waals surface area contributed by atoms with Crippen LogP contribution >= 0.6 is 11.6 Å². The predicted molar refractivity (Wildman–Crippen MR) is 143 cm³/mol. The molecular formula is C28H36ClNO5S. The molecule has 0 bridgehead atoms. The second-order valence-electron chi connectivity index (χ2n) is 10.9. The summed E-state index contributed by atoms with van der Waals surface area (Å²) in [5.41, 5.74) is 1.51. The van der Waals surface area contributed by atoms with Crippen LogP contribution < -0.4 is 4.74 Å². The number of aryl methyl sites for hydroxylation is 1. The molecule has 2 aliphatic heterocycles. The van der Waals surface area contributed by atoms with E-state index in [1.807, 2.05) is 37.8 Å². The molecule has 8 heteroatoms. The summed E-state index contributed by atoms with van der Waals surface area (Å²) in [6, 6.07) is 13.3. The van der Waals surface area contributed by atoms with Gasteiger partial charge in [-0.3, -0.25) is 0 Å². The highest BCUT2D eigenvalue weighted by Gasteiger charge is 2.33. The number of hydrogen-bond acceptors (Lipinski definition) is 5. The predicted octanol–water partition coefficient (Wildman–Crippen LogP) is 6.96. The van der Waals surface area contributed by atoms with Crippen LogP contribution in [0.25, 0.3) is 0 Å². The lowest BCUT2D eigenvalue weighted by molar-refractivity contribution is 0.0181. The van der Waals surface area contributed by atoms with E-state index < -0.39 is 20.7 Å². The Bertz CT molecular complexity index is 1170. The van der Waals surface area contributed by atoms with E-state index in [2.05, 4.69) is 12.1 Å². The van der Waals surface area contributed by atoms with Crippen LogP contribution in [0, 0.1) is 5.92 Å². The molecule has 1 amide bonds. The molecule has 0 spiro atoms. The van der Waals surface area contributed by atoms with E-state index in [1.54, 1.807) is 18.2 Å². The van der Waals surface area contributed by atoms with E-state index >= 15 is 0 Å². The molecule has 2 aromatic carbocycles. The van der Waals surface area contributed by atoms with Gasteiger partial charge in [0.05, 0.1) is 16.0 Å². The fourth-order valence-corrected chi connectivity index (χ4v) is 7.09. The lowest BCUT2D eigenvalue weighted by Crippen LogP contribution is -2.41. The van der Waals surface area contributed by atoms with Gasteiger partial charge in [-0.15, -0.1) is 0 Å². The van der Waals surface area contributed by atoms with E-state index in [1.165, 1.54) is 5.56 Å². The van der Waals surface area contributed by atoms with Crippen molar-refractivity contribution in [3.05, 3.63) is 58.6 Å². The quantitative estimate of drug-likeness (QED) is 0.401. The number of benzene rings is 2. The summed E-state index contributed by atoms with van der Waals surface area (Å²) in [5.74, 6) is 2.04. The van der Waals surface area contributed by atoms with Crippen molar-refractivity contribution in [2.24, 2.45) is 5.92 Å². The van der Waals surface area contributed by atoms with Gasteiger partial charge < -0.3 is 14.4 Å². The molecule has 1 atom stereocenters. The maximum Gasteiger partial charge on any atom is 0.410 e. The summed E-state index contributed by atoms with van der Waals surface area (Å²) in [4.78, 5) is 14.1. The monoisotopic (exact) mass is 533 g/mol. The Morgan fingerprint density at radius 1 is 1.06 bits per heavy atom. The van der Waals surface area contributed by atoms with E-state index in [0.717, 1.165) is 44.3 Å². The highest BCUT2D eigenvalue weighted by atomic mass is 35.5. The molecular weight excluding hydrogens is 498 g/mol. The van der Waals surface area contributed by atoms with Crippen LogP contribution in [0.5, 0.6) is 11.5 Å². The molecule has 2 heterocycles. The zero-order valence-electron chi connectivity index (χ0n) is 21.3. The maximum atomic E-state index is 12.2. The van der Waals surface area contributed by atoms with Gasteiger partial charge in [0.15, 0.2) is 9.84 Å². The Morgan fingerprint density at radius 2 is 1.75 bits per heavy atom. The summed E-state index contributed by atoms with van der Waals surface area (Å²) in [5, 5.41) is -0.0516. The van der Waals surface area contributed by atoms with Crippen LogP contribution in [0.15, 0.2) is 42.5 Å². The number of piperidine rings is 1. The number of sulfone groups is 1. The standard InChI is InChI=1S/C28H36ClNO5S/c1-28(2,3)35-27(31)30-16-14-21(15-17-30)7-6-20-8-11-23(12-9-20)34-25-13-10-22(19-24(25)29)26-5-4-18-36(26,32)33/h8-13,19,21,26H,4-7,14-18H2,1-3H3. The minimum atomic E-state index is -3.08. The summed E-state index contributed by atoms with van der Waals surface area (Å²) < 4.78 is 35.9. The third kappa shape index (κ3) is 6.94. The molecule has 0 aromatic heterocycles. The lowest BCUT2D eigenvalue weighted by Gasteiger charge is -2.33. The molecule has 6 nitrogen and oxygen atoms in total. The number of halogens is 1. The van der Waals surface area contributed by atoms with Crippen molar-refractivity contribution in [1.82, 2.24) is 4.90 Å². The first-order valence-corrected chi connectivity index (χ1v) is 14.9. The number of carbonyl (C=O) groups is 1. The minimum absolute atomic E-state index is 0.213. The zero-order chi connectivity index (χ0) is 25.9. The molecule has 0 radical (unpaired) electrons. The Hall–Kier alpha value is -2.25. The number of ether oxygens (including phenoxy) is 2. The molecule has 2 fully saturated rings. The van der Waals surface area contributed by atoms with Crippen LogP contribution in [0.1, 0.15) is 69.3 Å². The Balaban J connectivity index is 1.26. The number of hydrogen-bond donors (Lipinski definition) is 0. The van der Waals surface area contributed by atoms with Crippen LogP contribution in [0.4, 0.5) is 4.79 Å². The van der Waals surface area contributed by atoms with Gasteiger partial charge >= 0.3 is 6.09 Å². The summed E-state index contributed by atoms with van der Waals surface area (Å²) in [7, 11) is -3.08. The van der Waals surface area contributed by atoms with Gasteiger partial charge in [0, 0.05) is 13.1 Å². The van der Waals surface area contributed by atoms with Crippen LogP contribution in [-0.2, 0) is 21.0 Å². The highest BCUT2D eigenvalue weighted by molar-refractivity contribution is 7.91. The van der Waals surface area contributed by atoms with Gasteiger partial charge in [-0.1, -0.05) is 29.8 Å². The van der Waals surface area contributed by atoms with Crippen molar-refractivity contribution in [2.75, 3.05) is 18.8 Å². The van der Waals surface area contributed by atoms with E-state index in [0.29, 0.717) is 35.3 Å². The smallest absolute Gasteiger partial charge is 0.410 e. The molecule has 4 rings (SSSR count). The van der Waals surface area contributed by atoms with Crippen LogP contribution in [0.2, 0.25) is 5.02 Å². The lowest BCUT2D eigenvalue weighted by atomic mass is 9.90. The first kappa shape index (κ1) is 26.8.